The summed E-state index contributed by atoms with van der Waals surface area (Å²) in [6.07, 6.45) is 8.14. The highest BCUT2D eigenvalue weighted by molar-refractivity contribution is 7.98. The Bertz CT molecular complexity index is 727. The van der Waals surface area contributed by atoms with Gasteiger partial charge in [0.1, 0.15) is 5.76 Å². The highest BCUT2D eigenvalue weighted by Gasteiger charge is 2.01. The molecule has 0 unspecified atom stereocenters. The average molecular weight is 340 g/mol. The van der Waals surface area contributed by atoms with Gasteiger partial charge in [-0.15, -0.1) is 0 Å². The second-order valence-electron chi connectivity index (χ2n) is 5.46. The molecule has 3 rings (SSSR count). The van der Waals surface area contributed by atoms with E-state index in [9.17, 15) is 0 Å². The zero-order valence-electron chi connectivity index (χ0n) is 13.6. The highest BCUT2D eigenvalue weighted by Crippen LogP contribution is 2.12. The van der Waals surface area contributed by atoms with Gasteiger partial charge in [0.15, 0.2) is 0 Å². The minimum Gasteiger partial charge on any atom is -0.468 e. The smallest absolute Gasteiger partial charge is 0.222 e. The van der Waals surface area contributed by atoms with E-state index in [1.165, 1.54) is 5.56 Å². The lowest BCUT2D eigenvalue weighted by atomic mass is 10.1. The van der Waals surface area contributed by atoms with Crippen LogP contribution in [0.25, 0.3) is 0 Å². The number of hydrogen-bond donors (Lipinski definition) is 1. The Balaban J connectivity index is 1.40. The van der Waals surface area contributed by atoms with Gasteiger partial charge in [-0.05, 0) is 36.2 Å². The van der Waals surface area contributed by atoms with Crippen molar-refractivity contribution >= 4 is 17.7 Å². The summed E-state index contributed by atoms with van der Waals surface area (Å²) in [4.78, 5) is 13.0. The van der Waals surface area contributed by atoms with Gasteiger partial charge in [0.05, 0.1) is 12.0 Å². The largest absolute Gasteiger partial charge is 0.468 e. The third kappa shape index (κ3) is 5.09. The van der Waals surface area contributed by atoms with E-state index in [-0.39, 0.29) is 0 Å². The van der Waals surface area contributed by atoms with E-state index >= 15 is 0 Å². The molecule has 0 spiro atoms. The molecule has 0 atom stereocenters. The molecule has 0 saturated carbocycles. The Morgan fingerprint density at radius 3 is 2.58 bits per heavy atom. The molecule has 0 bridgehead atoms. The van der Waals surface area contributed by atoms with Crippen molar-refractivity contribution in [3.8, 4) is 0 Å². The molecule has 1 N–H and O–H groups in total. The van der Waals surface area contributed by atoms with Crippen LogP contribution in [-0.4, -0.2) is 27.2 Å². The summed E-state index contributed by atoms with van der Waals surface area (Å²) in [5, 5.41) is 3.24. The van der Waals surface area contributed by atoms with E-state index in [4.69, 9.17) is 4.42 Å². The van der Waals surface area contributed by atoms with Gasteiger partial charge in [-0.1, -0.05) is 6.07 Å². The number of nitrogens with one attached hydrogen (secondary N) is 1. The quantitative estimate of drug-likeness (QED) is 0.631. The molecule has 0 aliphatic rings. The van der Waals surface area contributed by atoms with Crippen molar-refractivity contribution in [3.05, 3.63) is 71.7 Å². The van der Waals surface area contributed by atoms with Crippen molar-refractivity contribution in [2.75, 3.05) is 17.6 Å². The van der Waals surface area contributed by atoms with E-state index in [0.29, 0.717) is 5.95 Å². The molecule has 0 aliphatic carbocycles. The number of pyridine rings is 1. The predicted octanol–water partition coefficient (Wildman–Crippen LogP) is 3.71. The number of thioether (sulfide) groups is 1. The van der Waals surface area contributed by atoms with Gasteiger partial charge in [-0.25, -0.2) is 9.97 Å². The van der Waals surface area contributed by atoms with Crippen LogP contribution >= 0.6 is 11.8 Å². The Labute approximate surface area is 145 Å². The highest BCUT2D eigenvalue weighted by atomic mass is 32.2. The first-order chi connectivity index (χ1) is 11.8. The lowest BCUT2D eigenvalue weighted by Crippen LogP contribution is -2.07. The molecular formula is C18H20N4OS. The van der Waals surface area contributed by atoms with Crippen molar-refractivity contribution in [1.29, 1.82) is 0 Å². The third-order valence-corrected chi connectivity index (χ3v) is 4.42. The zero-order valence-corrected chi connectivity index (χ0v) is 14.4. The predicted molar refractivity (Wildman–Crippen MR) is 97.2 cm³/mol. The average Bonchev–Trinajstić information content (AvgIpc) is 3.12. The summed E-state index contributed by atoms with van der Waals surface area (Å²) < 4.78 is 5.30. The van der Waals surface area contributed by atoms with E-state index < -0.39 is 0 Å². The summed E-state index contributed by atoms with van der Waals surface area (Å²) in [5.74, 6) is 3.53. The summed E-state index contributed by atoms with van der Waals surface area (Å²) in [6.45, 7) is 2.81. The molecule has 124 valence electrons. The van der Waals surface area contributed by atoms with E-state index in [0.717, 1.165) is 41.5 Å². The van der Waals surface area contributed by atoms with Gasteiger partial charge < -0.3 is 9.73 Å². The van der Waals surface area contributed by atoms with Crippen molar-refractivity contribution in [1.82, 2.24) is 15.0 Å². The van der Waals surface area contributed by atoms with Crippen LogP contribution in [0.15, 0.2) is 53.5 Å². The molecular weight excluding hydrogens is 320 g/mol. The molecule has 0 amide bonds. The molecule has 24 heavy (non-hydrogen) atoms. The fourth-order valence-electron chi connectivity index (χ4n) is 2.18. The fraction of sp³-hybridized carbons (Fsp3) is 0.278. The molecule has 6 heteroatoms. The molecule has 0 saturated heterocycles. The zero-order chi connectivity index (χ0) is 16.6. The molecule has 0 aromatic carbocycles. The Morgan fingerprint density at radius 2 is 1.88 bits per heavy atom. The van der Waals surface area contributed by atoms with Crippen LogP contribution in [0.5, 0.6) is 0 Å². The van der Waals surface area contributed by atoms with Crippen molar-refractivity contribution in [2.24, 2.45) is 0 Å². The van der Waals surface area contributed by atoms with Crippen molar-refractivity contribution in [3.63, 3.8) is 0 Å². The van der Waals surface area contributed by atoms with Crippen LogP contribution in [0.2, 0.25) is 0 Å². The molecule has 0 fully saturated rings. The maximum atomic E-state index is 5.30. The second kappa shape index (κ2) is 8.49. The van der Waals surface area contributed by atoms with Crippen molar-refractivity contribution < 1.29 is 4.42 Å². The van der Waals surface area contributed by atoms with Gasteiger partial charge in [0.25, 0.3) is 0 Å². The fourth-order valence-corrected chi connectivity index (χ4v) is 2.93. The Kier molecular flexibility index (Phi) is 5.85. The van der Waals surface area contributed by atoms with E-state index in [1.807, 2.05) is 55.5 Å². The first-order valence-corrected chi connectivity index (χ1v) is 9.01. The lowest BCUT2D eigenvalue weighted by molar-refractivity contribution is 0.530. The molecule has 0 radical (unpaired) electrons. The SMILES string of the molecule is Cc1ccc(Cc2cnc(NCCSCc3ccco3)nc2)cn1. The summed E-state index contributed by atoms with van der Waals surface area (Å²) >= 11 is 1.82. The number of hydrogen-bond acceptors (Lipinski definition) is 6. The standard InChI is InChI=1S/C18H20N4OS/c1-14-4-5-15(10-20-14)9-16-11-21-18(22-12-16)19-6-8-24-13-17-3-2-7-23-17/h2-5,7,10-12H,6,8-9,13H2,1H3,(H,19,21,22). The maximum absolute atomic E-state index is 5.30. The minimum atomic E-state index is 0.666. The first-order valence-electron chi connectivity index (χ1n) is 7.86. The number of rotatable bonds is 8. The van der Waals surface area contributed by atoms with Crippen LogP contribution in [0.4, 0.5) is 5.95 Å². The minimum absolute atomic E-state index is 0.666. The lowest BCUT2D eigenvalue weighted by Gasteiger charge is -2.05. The second-order valence-corrected chi connectivity index (χ2v) is 6.56. The number of furan rings is 1. The number of aryl methyl sites for hydroxylation is 1. The summed E-state index contributed by atoms with van der Waals surface area (Å²) in [5.41, 5.74) is 3.28. The van der Waals surface area contributed by atoms with Crippen LogP contribution < -0.4 is 5.32 Å². The normalized spacial score (nSPS) is 10.7. The molecule has 3 aromatic rings. The van der Waals surface area contributed by atoms with Crippen LogP contribution in [0.1, 0.15) is 22.6 Å². The molecule has 5 nitrogen and oxygen atoms in total. The molecule has 3 heterocycles. The van der Waals surface area contributed by atoms with Gasteiger partial charge in [-0.3, -0.25) is 4.98 Å². The van der Waals surface area contributed by atoms with E-state index in [2.05, 4.69) is 26.3 Å². The summed E-state index contributed by atoms with van der Waals surface area (Å²) in [7, 11) is 0. The van der Waals surface area contributed by atoms with E-state index in [1.54, 1.807) is 6.26 Å². The maximum Gasteiger partial charge on any atom is 0.222 e. The molecule has 3 aromatic heterocycles. The van der Waals surface area contributed by atoms with Gasteiger partial charge >= 0.3 is 0 Å². The van der Waals surface area contributed by atoms with Gasteiger partial charge in [0.2, 0.25) is 5.95 Å². The van der Waals surface area contributed by atoms with Crippen LogP contribution in [0, 0.1) is 6.92 Å². The number of anilines is 1. The van der Waals surface area contributed by atoms with Gasteiger partial charge in [-0.2, -0.15) is 11.8 Å². The third-order valence-electron chi connectivity index (χ3n) is 3.44. The van der Waals surface area contributed by atoms with Gasteiger partial charge in [0, 0.05) is 43.0 Å². The van der Waals surface area contributed by atoms with Crippen molar-refractivity contribution in [2.45, 2.75) is 19.1 Å². The topological polar surface area (TPSA) is 63.8 Å². The Morgan fingerprint density at radius 1 is 1.04 bits per heavy atom. The first kappa shape index (κ1) is 16.5. The monoisotopic (exact) mass is 340 g/mol. The van der Waals surface area contributed by atoms with Crippen LogP contribution in [0.3, 0.4) is 0 Å². The molecule has 0 aliphatic heterocycles. The number of nitrogens with zero attached hydrogens (tertiary/aromatic N) is 3. The number of aromatic nitrogens is 3. The Hall–Kier alpha value is -2.34. The summed E-state index contributed by atoms with van der Waals surface area (Å²) in [6, 6.07) is 8.01. The van der Waals surface area contributed by atoms with Crippen LogP contribution in [-0.2, 0) is 12.2 Å².